The lowest BCUT2D eigenvalue weighted by Gasteiger charge is -2.06. The zero-order valence-corrected chi connectivity index (χ0v) is 12.0. The van der Waals surface area contributed by atoms with E-state index in [1.165, 1.54) is 0 Å². The van der Waals surface area contributed by atoms with Crippen LogP contribution in [0.2, 0.25) is 0 Å². The van der Waals surface area contributed by atoms with E-state index in [-0.39, 0.29) is 0 Å². The molecule has 3 heteroatoms. The molecule has 0 unspecified atom stereocenters. The minimum Gasteiger partial charge on any atom is -0.312 e. The first-order chi connectivity index (χ1) is 10.2. The molecule has 0 bridgehead atoms. The lowest BCUT2D eigenvalue weighted by molar-refractivity contribution is -0.136. The molecule has 3 nitrogen and oxygen atoms in total. The molecule has 0 saturated heterocycles. The van der Waals surface area contributed by atoms with Crippen molar-refractivity contribution in [2.45, 2.75) is 13.8 Å². The van der Waals surface area contributed by atoms with Crippen molar-refractivity contribution in [3.05, 3.63) is 76.4 Å². The van der Waals surface area contributed by atoms with Gasteiger partial charge in [0.05, 0.1) is 5.57 Å². The van der Waals surface area contributed by atoms with Crippen LogP contribution in [0.4, 0.5) is 0 Å². The summed E-state index contributed by atoms with van der Waals surface area (Å²) in [5.74, 6) is -0.406. The first-order valence-electron chi connectivity index (χ1n) is 6.80. The van der Waals surface area contributed by atoms with Crippen LogP contribution in [0.25, 0.3) is 6.08 Å². The first kappa shape index (κ1) is 13.3. The van der Waals surface area contributed by atoms with Crippen LogP contribution < -0.4 is 0 Å². The van der Waals surface area contributed by atoms with Crippen LogP contribution in [0, 0.1) is 13.8 Å². The first-order valence-corrected chi connectivity index (χ1v) is 6.80. The third-order valence-corrected chi connectivity index (χ3v) is 3.57. The van der Waals surface area contributed by atoms with Gasteiger partial charge in [-0.05, 0) is 36.6 Å². The molecule has 2 aromatic rings. The van der Waals surface area contributed by atoms with Gasteiger partial charge in [0, 0.05) is 5.56 Å². The largest absolute Gasteiger partial charge is 0.368 e. The third-order valence-electron chi connectivity index (χ3n) is 3.57. The zero-order chi connectivity index (χ0) is 14.8. The number of carbonyl (C=O) groups is 1. The highest BCUT2D eigenvalue weighted by molar-refractivity contribution is 6.31. The van der Waals surface area contributed by atoms with Gasteiger partial charge in [-0.1, -0.05) is 53.7 Å². The monoisotopic (exact) mass is 277 g/mol. The summed E-state index contributed by atoms with van der Waals surface area (Å²) in [6.45, 7) is 4.05. The van der Waals surface area contributed by atoms with Crippen molar-refractivity contribution < 1.29 is 9.63 Å². The molecule has 1 aliphatic rings. The highest BCUT2D eigenvalue weighted by Crippen LogP contribution is 2.23. The summed E-state index contributed by atoms with van der Waals surface area (Å²) in [5, 5.41) is 3.92. The van der Waals surface area contributed by atoms with Crippen LogP contribution in [0.1, 0.15) is 22.3 Å². The van der Waals surface area contributed by atoms with Crippen molar-refractivity contribution in [1.82, 2.24) is 0 Å². The predicted molar refractivity (Wildman–Crippen MR) is 83.0 cm³/mol. The molecule has 0 aliphatic carbocycles. The van der Waals surface area contributed by atoms with Crippen LogP contribution >= 0.6 is 0 Å². The summed E-state index contributed by atoms with van der Waals surface area (Å²) in [5.41, 5.74) is 5.24. The fourth-order valence-electron chi connectivity index (χ4n) is 2.41. The molecule has 104 valence electrons. The molecule has 3 rings (SSSR count). The Labute approximate surface area is 123 Å². The topological polar surface area (TPSA) is 38.7 Å². The van der Waals surface area contributed by atoms with Crippen molar-refractivity contribution in [3.63, 3.8) is 0 Å². The molecular formula is C18H15NO2. The SMILES string of the molecule is Cc1cccc(C)c1/C=C1\C(=O)ON=C1c1ccccc1. The van der Waals surface area contributed by atoms with Gasteiger partial charge in [0.25, 0.3) is 0 Å². The Morgan fingerprint density at radius 3 is 2.29 bits per heavy atom. The Morgan fingerprint density at radius 2 is 1.62 bits per heavy atom. The number of nitrogens with zero attached hydrogens (tertiary/aromatic N) is 1. The maximum absolute atomic E-state index is 12.0. The minimum absolute atomic E-state index is 0.406. The van der Waals surface area contributed by atoms with Crippen molar-refractivity contribution in [2.75, 3.05) is 0 Å². The smallest absolute Gasteiger partial charge is 0.312 e. The number of hydrogen-bond acceptors (Lipinski definition) is 3. The maximum Gasteiger partial charge on any atom is 0.368 e. The van der Waals surface area contributed by atoms with Crippen LogP contribution in [0.5, 0.6) is 0 Å². The second-order valence-corrected chi connectivity index (χ2v) is 5.05. The quantitative estimate of drug-likeness (QED) is 0.621. The zero-order valence-electron chi connectivity index (χ0n) is 12.0. The van der Waals surface area contributed by atoms with Gasteiger partial charge in [-0.25, -0.2) is 4.79 Å². The third kappa shape index (κ3) is 2.50. The van der Waals surface area contributed by atoms with E-state index in [2.05, 4.69) is 5.16 Å². The molecule has 0 radical (unpaired) electrons. The Kier molecular flexibility index (Phi) is 3.40. The molecule has 0 aromatic heterocycles. The fraction of sp³-hybridized carbons (Fsp3) is 0.111. The van der Waals surface area contributed by atoms with E-state index in [0.29, 0.717) is 11.3 Å². The molecule has 0 N–H and O–H groups in total. The summed E-state index contributed by atoms with van der Waals surface area (Å²) in [6, 6.07) is 15.6. The molecule has 0 atom stereocenters. The van der Waals surface area contributed by atoms with Gasteiger partial charge in [0.2, 0.25) is 0 Å². The second kappa shape index (κ2) is 5.37. The van der Waals surface area contributed by atoms with Crippen LogP contribution in [-0.4, -0.2) is 11.7 Å². The molecule has 1 heterocycles. The number of hydrogen-bond donors (Lipinski definition) is 0. The molecule has 1 aliphatic heterocycles. The standard InChI is InChI=1S/C18H15NO2/c1-12-7-6-8-13(2)15(12)11-16-17(19-21-18(16)20)14-9-4-3-5-10-14/h3-11H,1-2H3/b16-11-. The minimum atomic E-state index is -0.406. The van der Waals surface area contributed by atoms with E-state index in [4.69, 9.17) is 4.84 Å². The van der Waals surface area contributed by atoms with E-state index in [0.717, 1.165) is 22.3 Å². The van der Waals surface area contributed by atoms with Crippen molar-refractivity contribution in [3.8, 4) is 0 Å². The van der Waals surface area contributed by atoms with Gasteiger partial charge in [-0.2, -0.15) is 0 Å². The number of oxime groups is 1. The summed E-state index contributed by atoms with van der Waals surface area (Å²) < 4.78 is 0. The van der Waals surface area contributed by atoms with E-state index >= 15 is 0 Å². The van der Waals surface area contributed by atoms with E-state index in [9.17, 15) is 4.79 Å². The highest BCUT2D eigenvalue weighted by atomic mass is 16.7. The molecule has 0 saturated carbocycles. The van der Waals surface area contributed by atoms with Crippen LogP contribution in [0.3, 0.4) is 0 Å². The number of carbonyl (C=O) groups excluding carboxylic acids is 1. The van der Waals surface area contributed by atoms with E-state index < -0.39 is 5.97 Å². The number of rotatable bonds is 2. The predicted octanol–water partition coefficient (Wildman–Crippen LogP) is 3.65. The van der Waals surface area contributed by atoms with Crippen LogP contribution in [-0.2, 0) is 9.63 Å². The van der Waals surface area contributed by atoms with Crippen molar-refractivity contribution >= 4 is 17.8 Å². The van der Waals surface area contributed by atoms with Gasteiger partial charge >= 0.3 is 5.97 Å². The average Bonchev–Trinajstić information content (AvgIpc) is 2.85. The van der Waals surface area contributed by atoms with Crippen molar-refractivity contribution in [2.24, 2.45) is 5.16 Å². The Morgan fingerprint density at radius 1 is 0.952 bits per heavy atom. The molecule has 21 heavy (non-hydrogen) atoms. The number of aryl methyl sites for hydroxylation is 2. The van der Waals surface area contributed by atoms with Gasteiger partial charge < -0.3 is 4.84 Å². The average molecular weight is 277 g/mol. The summed E-state index contributed by atoms with van der Waals surface area (Å²) >= 11 is 0. The van der Waals surface area contributed by atoms with Gasteiger partial charge in [-0.15, -0.1) is 0 Å². The Hall–Kier alpha value is -2.68. The lowest BCUT2D eigenvalue weighted by atomic mass is 9.96. The van der Waals surface area contributed by atoms with Crippen molar-refractivity contribution in [1.29, 1.82) is 0 Å². The summed E-state index contributed by atoms with van der Waals surface area (Å²) in [4.78, 5) is 16.8. The van der Waals surface area contributed by atoms with E-state index in [1.54, 1.807) is 0 Å². The molecule has 2 aromatic carbocycles. The Balaban J connectivity index is 2.10. The molecule has 0 fully saturated rings. The molecule has 0 spiro atoms. The van der Waals surface area contributed by atoms with Gasteiger partial charge in [0.15, 0.2) is 0 Å². The second-order valence-electron chi connectivity index (χ2n) is 5.05. The molecule has 0 amide bonds. The van der Waals surface area contributed by atoms with Gasteiger partial charge in [-0.3, -0.25) is 0 Å². The normalized spacial score (nSPS) is 16.0. The highest BCUT2D eigenvalue weighted by Gasteiger charge is 2.26. The van der Waals surface area contributed by atoms with E-state index in [1.807, 2.05) is 68.5 Å². The Bertz CT molecular complexity index is 738. The van der Waals surface area contributed by atoms with Crippen LogP contribution in [0.15, 0.2) is 59.3 Å². The summed E-state index contributed by atoms with van der Waals surface area (Å²) in [7, 11) is 0. The summed E-state index contributed by atoms with van der Waals surface area (Å²) in [6.07, 6.45) is 1.87. The fourth-order valence-corrected chi connectivity index (χ4v) is 2.41. The molecular weight excluding hydrogens is 262 g/mol. The van der Waals surface area contributed by atoms with Gasteiger partial charge in [0.1, 0.15) is 5.71 Å². The number of benzene rings is 2. The lowest BCUT2D eigenvalue weighted by Crippen LogP contribution is -2.07. The maximum atomic E-state index is 12.0.